The van der Waals surface area contributed by atoms with E-state index in [0.29, 0.717) is 35.7 Å². The number of amides is 1. The van der Waals surface area contributed by atoms with Crippen molar-refractivity contribution >= 4 is 34.0 Å². The van der Waals surface area contributed by atoms with Gasteiger partial charge in [-0.3, -0.25) is 4.79 Å². The van der Waals surface area contributed by atoms with Gasteiger partial charge in [-0.05, 0) is 55.3 Å². The zero-order valence-corrected chi connectivity index (χ0v) is 27.4. The molecule has 0 bridgehead atoms. The molecule has 0 aliphatic rings. The summed E-state index contributed by atoms with van der Waals surface area (Å²) in [6.45, 7) is 4.93. The molecular formula is C35H51BrN2O4. The number of nitrogens with zero attached hydrogens (tertiary/aromatic N) is 1. The zero-order chi connectivity index (χ0) is 30.3. The van der Waals surface area contributed by atoms with Crippen molar-refractivity contribution in [3.05, 3.63) is 58.1 Å². The monoisotopic (exact) mass is 642 g/mol. The van der Waals surface area contributed by atoms with Crippen LogP contribution < -0.4 is 14.9 Å². The predicted octanol–water partition coefficient (Wildman–Crippen LogP) is 10.2. The van der Waals surface area contributed by atoms with Gasteiger partial charge in [-0.2, -0.15) is 5.10 Å². The lowest BCUT2D eigenvalue weighted by atomic mass is 10.0. The topological polar surface area (TPSA) is 77.0 Å². The first-order valence-electron chi connectivity index (χ1n) is 16.1. The van der Waals surface area contributed by atoms with Gasteiger partial charge in [0.1, 0.15) is 11.5 Å². The number of hydrogen-bond acceptors (Lipinski definition) is 5. The molecule has 0 spiro atoms. The van der Waals surface area contributed by atoms with Crippen LogP contribution in [0, 0.1) is 0 Å². The molecule has 1 N–H and O–H groups in total. The van der Waals surface area contributed by atoms with E-state index in [9.17, 15) is 9.59 Å². The quantitative estimate of drug-likeness (QED) is 0.0430. The molecule has 232 valence electrons. The summed E-state index contributed by atoms with van der Waals surface area (Å²) >= 11 is 3.44. The first-order chi connectivity index (χ1) is 20.5. The van der Waals surface area contributed by atoms with Crippen molar-refractivity contribution in [2.24, 2.45) is 5.10 Å². The van der Waals surface area contributed by atoms with Crippen molar-refractivity contribution in [3.8, 4) is 11.5 Å². The van der Waals surface area contributed by atoms with Crippen molar-refractivity contribution < 1.29 is 19.1 Å². The maximum Gasteiger partial charge on any atom is 0.343 e. The molecule has 0 aromatic heterocycles. The SMILES string of the molecule is CCCCCCCCCCCCCCCCCC(=O)NN=Cc1cc(Br)ccc1OC(=O)c1ccc(OCCC)cc1. The summed E-state index contributed by atoms with van der Waals surface area (Å²) in [4.78, 5) is 24.9. The largest absolute Gasteiger partial charge is 0.494 e. The van der Waals surface area contributed by atoms with E-state index >= 15 is 0 Å². The van der Waals surface area contributed by atoms with Crippen molar-refractivity contribution in [2.75, 3.05) is 6.61 Å². The molecule has 2 aromatic carbocycles. The molecular weight excluding hydrogens is 592 g/mol. The second-order valence-corrected chi connectivity index (χ2v) is 11.9. The molecule has 0 aliphatic carbocycles. The summed E-state index contributed by atoms with van der Waals surface area (Å²) in [6, 6.07) is 12.1. The highest BCUT2D eigenvalue weighted by Crippen LogP contribution is 2.23. The highest BCUT2D eigenvalue weighted by Gasteiger charge is 2.12. The molecule has 0 unspecified atom stereocenters. The Labute approximate surface area is 262 Å². The Morgan fingerprint density at radius 1 is 0.762 bits per heavy atom. The minimum Gasteiger partial charge on any atom is -0.494 e. The summed E-state index contributed by atoms with van der Waals surface area (Å²) in [5.41, 5.74) is 3.59. The Hall–Kier alpha value is -2.67. The zero-order valence-electron chi connectivity index (χ0n) is 25.8. The summed E-state index contributed by atoms with van der Waals surface area (Å²) in [6.07, 6.45) is 22.3. The van der Waals surface area contributed by atoms with E-state index in [0.717, 1.165) is 23.7 Å². The van der Waals surface area contributed by atoms with Crippen LogP contribution in [0.4, 0.5) is 0 Å². The van der Waals surface area contributed by atoms with Gasteiger partial charge in [0.2, 0.25) is 5.91 Å². The van der Waals surface area contributed by atoms with Crippen molar-refractivity contribution in [1.29, 1.82) is 0 Å². The van der Waals surface area contributed by atoms with Gasteiger partial charge in [0.25, 0.3) is 0 Å². The van der Waals surface area contributed by atoms with Crippen LogP contribution in [0.5, 0.6) is 11.5 Å². The van der Waals surface area contributed by atoms with E-state index in [-0.39, 0.29) is 5.91 Å². The highest BCUT2D eigenvalue weighted by molar-refractivity contribution is 9.10. The first kappa shape index (κ1) is 35.5. The van der Waals surface area contributed by atoms with Crippen LogP contribution in [0.25, 0.3) is 0 Å². The minimum absolute atomic E-state index is 0.111. The predicted molar refractivity (Wildman–Crippen MR) is 177 cm³/mol. The Morgan fingerprint density at radius 2 is 1.33 bits per heavy atom. The van der Waals surface area contributed by atoms with Crippen LogP contribution >= 0.6 is 15.9 Å². The third-order valence-electron chi connectivity index (χ3n) is 7.14. The third kappa shape index (κ3) is 16.1. The Balaban J connectivity index is 1.61. The summed E-state index contributed by atoms with van der Waals surface area (Å²) in [5.74, 6) is 0.478. The van der Waals surface area contributed by atoms with Gasteiger partial charge in [0, 0.05) is 16.5 Å². The summed E-state index contributed by atoms with van der Waals surface area (Å²) in [7, 11) is 0. The molecule has 2 aromatic rings. The van der Waals surface area contributed by atoms with Crippen molar-refractivity contribution in [3.63, 3.8) is 0 Å². The van der Waals surface area contributed by atoms with Gasteiger partial charge in [-0.1, -0.05) is 120 Å². The molecule has 0 radical (unpaired) electrons. The molecule has 0 saturated heterocycles. The second kappa shape index (κ2) is 22.9. The van der Waals surface area contributed by atoms with Gasteiger partial charge in [-0.25, -0.2) is 10.2 Å². The number of hydrogen-bond donors (Lipinski definition) is 1. The van der Waals surface area contributed by atoms with Crippen molar-refractivity contribution in [2.45, 2.75) is 123 Å². The molecule has 7 heteroatoms. The fourth-order valence-corrected chi connectivity index (χ4v) is 5.04. The van der Waals surface area contributed by atoms with E-state index in [1.165, 1.54) is 89.7 Å². The number of halogens is 1. The Bertz CT molecular complexity index is 1060. The normalized spacial score (nSPS) is 11.1. The van der Waals surface area contributed by atoms with E-state index < -0.39 is 5.97 Å². The summed E-state index contributed by atoms with van der Waals surface area (Å²) in [5, 5.41) is 4.10. The van der Waals surface area contributed by atoms with Crippen LogP contribution in [-0.4, -0.2) is 24.7 Å². The van der Waals surface area contributed by atoms with E-state index in [1.807, 2.05) is 6.92 Å². The van der Waals surface area contributed by atoms with Gasteiger partial charge >= 0.3 is 5.97 Å². The number of benzene rings is 2. The van der Waals surface area contributed by atoms with E-state index in [4.69, 9.17) is 9.47 Å². The highest BCUT2D eigenvalue weighted by atomic mass is 79.9. The second-order valence-electron chi connectivity index (χ2n) is 10.9. The first-order valence-corrected chi connectivity index (χ1v) is 16.9. The number of rotatable bonds is 23. The lowest BCUT2D eigenvalue weighted by Crippen LogP contribution is -2.17. The van der Waals surface area contributed by atoms with Gasteiger partial charge in [0.15, 0.2) is 0 Å². The van der Waals surface area contributed by atoms with Crippen LogP contribution in [0.1, 0.15) is 139 Å². The fraction of sp³-hybridized carbons (Fsp3) is 0.571. The lowest BCUT2D eigenvalue weighted by Gasteiger charge is -2.09. The number of unbranched alkanes of at least 4 members (excludes halogenated alkanes) is 14. The molecule has 2 rings (SSSR count). The maximum absolute atomic E-state index is 12.7. The number of carbonyl (C=O) groups is 2. The van der Waals surface area contributed by atoms with Crippen LogP contribution in [0.15, 0.2) is 52.0 Å². The smallest absolute Gasteiger partial charge is 0.343 e. The fourth-order valence-electron chi connectivity index (χ4n) is 4.67. The molecule has 42 heavy (non-hydrogen) atoms. The van der Waals surface area contributed by atoms with Crippen LogP contribution in [-0.2, 0) is 4.79 Å². The maximum atomic E-state index is 12.7. The van der Waals surface area contributed by atoms with Gasteiger partial charge in [0.05, 0.1) is 18.4 Å². The number of carbonyl (C=O) groups excluding carboxylic acids is 2. The van der Waals surface area contributed by atoms with E-state index in [2.05, 4.69) is 33.4 Å². The minimum atomic E-state index is -0.480. The van der Waals surface area contributed by atoms with Gasteiger partial charge in [-0.15, -0.1) is 0 Å². The summed E-state index contributed by atoms with van der Waals surface area (Å²) < 4.78 is 12.0. The third-order valence-corrected chi connectivity index (χ3v) is 7.63. The molecule has 0 saturated carbocycles. The Kier molecular flexibility index (Phi) is 19.3. The molecule has 6 nitrogen and oxygen atoms in total. The standard InChI is InChI=1S/C35H51BrN2O4/c1-3-5-6-7-8-9-10-11-12-13-14-15-16-17-18-19-34(39)38-37-28-30-27-31(36)22-25-33(30)42-35(40)29-20-23-32(24-21-29)41-26-4-2/h20-25,27-28H,3-19,26H2,1-2H3,(H,38,39). The molecule has 0 fully saturated rings. The molecule has 0 heterocycles. The Morgan fingerprint density at radius 3 is 1.90 bits per heavy atom. The number of ether oxygens (including phenoxy) is 2. The van der Waals surface area contributed by atoms with Crippen LogP contribution in [0.3, 0.4) is 0 Å². The average molecular weight is 644 g/mol. The van der Waals surface area contributed by atoms with Crippen LogP contribution in [0.2, 0.25) is 0 Å². The molecule has 1 amide bonds. The number of nitrogens with one attached hydrogen (secondary N) is 1. The van der Waals surface area contributed by atoms with E-state index in [1.54, 1.807) is 42.5 Å². The molecule has 0 atom stereocenters. The average Bonchev–Trinajstić information content (AvgIpc) is 2.99. The number of esters is 1. The van der Waals surface area contributed by atoms with Crippen molar-refractivity contribution in [1.82, 2.24) is 5.43 Å². The molecule has 0 aliphatic heterocycles. The lowest BCUT2D eigenvalue weighted by molar-refractivity contribution is -0.121. The number of hydrazone groups is 1. The van der Waals surface area contributed by atoms with Gasteiger partial charge < -0.3 is 9.47 Å².